The molecule has 0 saturated heterocycles. The zero-order valence-corrected chi connectivity index (χ0v) is 9.70. The summed E-state index contributed by atoms with van der Waals surface area (Å²) >= 11 is 1.45. The molecule has 0 unspecified atom stereocenters. The molecule has 0 spiro atoms. The van der Waals surface area contributed by atoms with Crippen LogP contribution in [-0.4, -0.2) is 8.96 Å². The van der Waals surface area contributed by atoms with Crippen LogP contribution in [-0.2, 0) is 5.75 Å². The molecule has 0 aliphatic carbocycles. The number of hydrogen-bond acceptors (Lipinski definition) is 3. The lowest BCUT2D eigenvalue weighted by molar-refractivity contribution is -0.393. The molecule has 0 atom stereocenters. The van der Waals surface area contributed by atoms with Gasteiger partial charge in [-0.05, 0) is 24.6 Å². The molecule has 4 nitrogen and oxygen atoms in total. The fraction of sp³-hybridized carbons (Fsp3) is 0.182. The average molecular weight is 234 g/mol. The molecule has 0 aliphatic heterocycles. The van der Waals surface area contributed by atoms with Gasteiger partial charge in [-0.25, -0.2) is 9.78 Å². The van der Waals surface area contributed by atoms with Crippen molar-refractivity contribution < 1.29 is 4.98 Å². The number of nitrogens with zero attached hydrogens (tertiary/aromatic N) is 2. The maximum atomic E-state index is 11.6. The summed E-state index contributed by atoms with van der Waals surface area (Å²) in [5.41, 5.74) is 2.01. The van der Waals surface area contributed by atoms with E-state index in [9.17, 15) is 4.79 Å². The van der Waals surface area contributed by atoms with Gasteiger partial charge in [0.05, 0.1) is 23.8 Å². The lowest BCUT2D eigenvalue weighted by Crippen LogP contribution is -2.23. The van der Waals surface area contributed by atoms with Gasteiger partial charge in [-0.1, -0.05) is 0 Å². The summed E-state index contributed by atoms with van der Waals surface area (Å²) in [4.78, 5) is 18.5. The molecule has 0 radical (unpaired) electrons. The van der Waals surface area contributed by atoms with Gasteiger partial charge in [-0.3, -0.25) is 4.98 Å². The van der Waals surface area contributed by atoms with E-state index in [4.69, 9.17) is 0 Å². The van der Waals surface area contributed by atoms with Crippen LogP contribution in [0.4, 0.5) is 0 Å². The predicted octanol–water partition coefficient (Wildman–Crippen LogP) is 1.06. The molecule has 0 amide bonds. The topological polar surface area (TPSA) is 49.0 Å². The second kappa shape index (κ2) is 4.94. The normalized spacial score (nSPS) is 10.3. The van der Waals surface area contributed by atoms with Gasteiger partial charge in [-0.2, -0.15) is 0 Å². The smallest absolute Gasteiger partial charge is 0.265 e. The Hall–Kier alpha value is -1.62. The minimum atomic E-state index is -0.00435. The number of pyridine rings is 1. The van der Waals surface area contributed by atoms with Crippen molar-refractivity contribution in [2.75, 3.05) is 0 Å². The molecule has 0 aromatic carbocycles. The molecule has 16 heavy (non-hydrogen) atoms. The van der Waals surface area contributed by atoms with E-state index >= 15 is 0 Å². The first-order chi connectivity index (χ1) is 7.75. The van der Waals surface area contributed by atoms with Gasteiger partial charge >= 0.3 is 5.56 Å². The quantitative estimate of drug-likeness (QED) is 0.798. The predicted molar refractivity (Wildman–Crippen MR) is 62.9 cm³/mol. The number of aryl methyl sites for hydroxylation is 1. The highest BCUT2D eigenvalue weighted by molar-refractivity contribution is 7.97. The van der Waals surface area contributed by atoms with E-state index in [1.165, 1.54) is 11.9 Å². The van der Waals surface area contributed by atoms with Crippen LogP contribution in [0.1, 0.15) is 11.3 Å². The third-order valence-corrected chi connectivity index (χ3v) is 3.11. The van der Waals surface area contributed by atoms with Gasteiger partial charge < -0.3 is 0 Å². The van der Waals surface area contributed by atoms with Crippen LogP contribution >= 0.6 is 11.9 Å². The Labute approximate surface area is 97.5 Å². The fourth-order valence-corrected chi connectivity index (χ4v) is 2.03. The largest absolute Gasteiger partial charge is 0.349 e. The van der Waals surface area contributed by atoms with Gasteiger partial charge in [0.2, 0.25) is 0 Å². The monoisotopic (exact) mass is 234 g/mol. The second-order valence-electron chi connectivity index (χ2n) is 3.39. The highest BCUT2D eigenvalue weighted by atomic mass is 32.2. The van der Waals surface area contributed by atoms with Crippen LogP contribution < -0.4 is 10.5 Å². The summed E-state index contributed by atoms with van der Waals surface area (Å²) in [6.45, 7) is 1.86. The molecule has 0 fully saturated rings. The van der Waals surface area contributed by atoms with E-state index in [-0.39, 0.29) is 5.56 Å². The Morgan fingerprint density at radius 1 is 1.44 bits per heavy atom. The number of aromatic nitrogens is 3. The van der Waals surface area contributed by atoms with Gasteiger partial charge in [0, 0.05) is 12.4 Å². The van der Waals surface area contributed by atoms with E-state index in [0.717, 1.165) is 17.0 Å². The maximum Gasteiger partial charge on any atom is 0.349 e. The first-order valence-electron chi connectivity index (χ1n) is 4.89. The highest BCUT2D eigenvalue weighted by Crippen LogP contribution is 2.10. The summed E-state index contributed by atoms with van der Waals surface area (Å²) < 4.78 is 1.59. The maximum absolute atomic E-state index is 11.6. The standard InChI is InChI=1S/C11H11N3OS/c1-9-6-11(15)14(8-13-9)16-7-10-2-4-12-5-3-10/h2-6,8H,7H2,1H3/p+1. The highest BCUT2D eigenvalue weighted by Gasteiger charge is 2.05. The molecule has 2 rings (SSSR count). The minimum Gasteiger partial charge on any atom is -0.265 e. The summed E-state index contributed by atoms with van der Waals surface area (Å²) in [6, 6.07) is 5.46. The molecule has 5 heteroatoms. The van der Waals surface area contributed by atoms with Crippen LogP contribution in [0.25, 0.3) is 0 Å². The average Bonchev–Trinajstić information content (AvgIpc) is 2.29. The number of hydrogen-bond donors (Lipinski definition) is 0. The van der Waals surface area contributed by atoms with Gasteiger partial charge in [0.25, 0.3) is 6.33 Å². The molecular weight excluding hydrogens is 222 g/mol. The summed E-state index contributed by atoms with van der Waals surface area (Å²) in [5, 5.41) is 0. The molecule has 0 aliphatic rings. The Kier molecular flexibility index (Phi) is 3.36. The van der Waals surface area contributed by atoms with E-state index in [2.05, 4.69) is 9.97 Å². The number of H-pyrrole nitrogens is 1. The molecule has 82 valence electrons. The van der Waals surface area contributed by atoms with Crippen LogP contribution in [0, 0.1) is 6.92 Å². The van der Waals surface area contributed by atoms with Crippen molar-refractivity contribution in [2.45, 2.75) is 12.7 Å². The Bertz CT molecular complexity index is 524. The summed E-state index contributed by atoms with van der Waals surface area (Å²) in [7, 11) is 0. The molecule has 1 N–H and O–H groups in total. The van der Waals surface area contributed by atoms with Crippen LogP contribution in [0.3, 0.4) is 0 Å². The summed E-state index contributed by atoms with van der Waals surface area (Å²) in [5.74, 6) is 0.749. The van der Waals surface area contributed by atoms with Crippen LogP contribution in [0.15, 0.2) is 41.7 Å². The Morgan fingerprint density at radius 2 is 2.19 bits per heavy atom. The van der Waals surface area contributed by atoms with Crippen molar-refractivity contribution in [3.05, 3.63) is 58.5 Å². The Morgan fingerprint density at radius 3 is 2.88 bits per heavy atom. The molecular formula is C11H12N3OS+. The van der Waals surface area contributed by atoms with Gasteiger partial charge in [0.15, 0.2) is 0 Å². The zero-order chi connectivity index (χ0) is 11.4. The Balaban J connectivity index is 2.08. The number of nitrogens with one attached hydrogen (secondary N) is 1. The van der Waals surface area contributed by atoms with Crippen LogP contribution in [0.5, 0.6) is 0 Å². The van der Waals surface area contributed by atoms with Crippen molar-refractivity contribution >= 4 is 11.9 Å². The fourth-order valence-electron chi connectivity index (χ4n) is 1.24. The molecule has 2 heterocycles. The van der Waals surface area contributed by atoms with E-state index in [1.54, 1.807) is 28.8 Å². The van der Waals surface area contributed by atoms with E-state index < -0.39 is 0 Å². The van der Waals surface area contributed by atoms with Crippen molar-refractivity contribution in [3.8, 4) is 0 Å². The van der Waals surface area contributed by atoms with Gasteiger partial charge in [-0.15, -0.1) is 3.97 Å². The first kappa shape index (κ1) is 10.9. The molecule has 0 saturated carbocycles. The first-order valence-corrected chi connectivity index (χ1v) is 5.83. The third-order valence-electron chi connectivity index (χ3n) is 2.09. The lowest BCUT2D eigenvalue weighted by Gasteiger charge is -1.97. The summed E-state index contributed by atoms with van der Waals surface area (Å²) in [6.07, 6.45) is 5.18. The molecule has 2 aromatic heterocycles. The third kappa shape index (κ3) is 2.70. The number of aromatic amines is 1. The second-order valence-corrected chi connectivity index (χ2v) is 4.33. The lowest BCUT2D eigenvalue weighted by atomic mass is 10.3. The van der Waals surface area contributed by atoms with E-state index in [1.807, 2.05) is 19.1 Å². The van der Waals surface area contributed by atoms with Crippen molar-refractivity contribution in [1.29, 1.82) is 0 Å². The SMILES string of the molecule is Cc1cc(=O)n(SCc2ccncc2)c[nH+]1. The minimum absolute atomic E-state index is 0.00435. The number of rotatable bonds is 3. The van der Waals surface area contributed by atoms with Crippen molar-refractivity contribution in [3.63, 3.8) is 0 Å². The molecule has 2 aromatic rings. The molecule has 0 bridgehead atoms. The van der Waals surface area contributed by atoms with Crippen LogP contribution in [0.2, 0.25) is 0 Å². The van der Waals surface area contributed by atoms with Gasteiger partial charge in [0.1, 0.15) is 5.69 Å². The van der Waals surface area contributed by atoms with Crippen molar-refractivity contribution in [2.24, 2.45) is 0 Å². The van der Waals surface area contributed by atoms with E-state index in [0.29, 0.717) is 0 Å². The van der Waals surface area contributed by atoms with Crippen molar-refractivity contribution in [1.82, 2.24) is 8.96 Å². The zero-order valence-electron chi connectivity index (χ0n) is 8.88.